The van der Waals surface area contributed by atoms with E-state index in [4.69, 9.17) is 0 Å². The first-order chi connectivity index (χ1) is 15.1. The van der Waals surface area contributed by atoms with E-state index in [1.54, 1.807) is 9.96 Å². The van der Waals surface area contributed by atoms with Gasteiger partial charge in [-0.3, -0.25) is 0 Å². The molecule has 0 saturated carbocycles. The van der Waals surface area contributed by atoms with Gasteiger partial charge < -0.3 is 0 Å². The van der Waals surface area contributed by atoms with E-state index in [1.807, 2.05) is 34.0 Å². The van der Waals surface area contributed by atoms with Gasteiger partial charge >= 0.3 is 204 Å². The van der Waals surface area contributed by atoms with Crippen molar-refractivity contribution in [1.82, 2.24) is 0 Å². The molecule has 0 nitrogen and oxygen atoms in total. The van der Waals surface area contributed by atoms with Gasteiger partial charge in [-0.25, -0.2) is 0 Å². The van der Waals surface area contributed by atoms with Crippen LogP contribution in [0.25, 0.3) is 30.3 Å². The summed E-state index contributed by atoms with van der Waals surface area (Å²) in [5.74, 6) is 0. The van der Waals surface area contributed by atoms with E-state index in [1.165, 1.54) is 44.9 Å². The monoisotopic (exact) mass is 556 g/mol. The molecule has 6 rings (SSSR count). The zero-order valence-corrected chi connectivity index (χ0v) is 23.5. The van der Waals surface area contributed by atoms with Gasteiger partial charge in [0.15, 0.2) is 0 Å². The molecule has 0 N–H and O–H groups in total. The molecule has 0 bridgehead atoms. The van der Waals surface area contributed by atoms with Crippen LogP contribution in [0.4, 0.5) is 0 Å². The maximum atomic E-state index is 2.37. The first-order valence-electron chi connectivity index (χ1n) is 10.6. The van der Waals surface area contributed by atoms with E-state index in [9.17, 15) is 0 Å². The first-order valence-corrected chi connectivity index (χ1v) is 18.0. The van der Waals surface area contributed by atoms with E-state index >= 15 is 0 Å². The van der Waals surface area contributed by atoms with Crippen LogP contribution in [0.1, 0.15) is 14.6 Å². The third-order valence-corrected chi connectivity index (χ3v) is 22.7. The molecule has 3 heterocycles. The SMILES string of the molecule is Cc1sc2ccccc2[c]1[In]([c]1c(C)sc2ccccc12)[c]1c(C)sc2ccccc12. The van der Waals surface area contributed by atoms with Crippen molar-refractivity contribution in [3.05, 3.63) is 87.4 Å². The van der Waals surface area contributed by atoms with Crippen molar-refractivity contribution in [2.45, 2.75) is 20.8 Å². The van der Waals surface area contributed by atoms with Crippen molar-refractivity contribution in [2.24, 2.45) is 0 Å². The molecule has 0 aliphatic heterocycles. The molecule has 0 saturated heterocycles. The minimum atomic E-state index is -2.69. The van der Waals surface area contributed by atoms with Crippen molar-refractivity contribution in [1.29, 1.82) is 0 Å². The molecule has 6 aromatic rings. The summed E-state index contributed by atoms with van der Waals surface area (Å²) in [6, 6.07) is 27.2. The Balaban J connectivity index is 1.78. The molecule has 0 aliphatic carbocycles. The molecule has 0 spiro atoms. The third kappa shape index (κ3) is 3.14. The van der Waals surface area contributed by atoms with Gasteiger partial charge in [-0.05, 0) is 0 Å². The summed E-state index contributed by atoms with van der Waals surface area (Å²) in [6.45, 7) is 7.08. The number of fused-ring (bicyclic) bond motifs is 3. The Bertz CT molecular complexity index is 1390. The average Bonchev–Trinajstić information content (AvgIpc) is 3.39. The second-order valence-corrected chi connectivity index (χ2v) is 19.3. The number of thiophene rings is 3. The van der Waals surface area contributed by atoms with E-state index < -0.39 is 21.4 Å². The van der Waals surface area contributed by atoms with Crippen molar-refractivity contribution in [2.75, 3.05) is 0 Å². The zero-order valence-electron chi connectivity index (χ0n) is 17.7. The summed E-state index contributed by atoms with van der Waals surface area (Å²) in [6.07, 6.45) is 0. The molecular formula is C27H21InS3. The Morgan fingerprint density at radius 1 is 0.452 bits per heavy atom. The maximum absolute atomic E-state index is 2.69. The fourth-order valence-electron chi connectivity index (χ4n) is 5.07. The predicted octanol–water partition coefficient (Wildman–Crippen LogP) is 6.77. The van der Waals surface area contributed by atoms with Gasteiger partial charge in [-0.15, -0.1) is 0 Å². The van der Waals surface area contributed by atoms with Gasteiger partial charge in [0, 0.05) is 0 Å². The van der Waals surface area contributed by atoms with Crippen LogP contribution < -0.4 is 9.96 Å². The van der Waals surface area contributed by atoms with Crippen LogP contribution in [0.3, 0.4) is 0 Å². The predicted molar refractivity (Wildman–Crippen MR) is 144 cm³/mol. The van der Waals surface area contributed by atoms with Crippen LogP contribution >= 0.6 is 34.0 Å². The number of benzene rings is 3. The Labute approximate surface area is 202 Å². The summed E-state index contributed by atoms with van der Waals surface area (Å²) in [5.41, 5.74) is 0. The van der Waals surface area contributed by atoms with E-state index in [0.717, 1.165) is 0 Å². The number of rotatable bonds is 3. The van der Waals surface area contributed by atoms with E-state index in [-0.39, 0.29) is 0 Å². The van der Waals surface area contributed by atoms with Crippen LogP contribution in [0, 0.1) is 20.8 Å². The number of hydrogen-bond donors (Lipinski definition) is 0. The number of hydrogen-bond acceptors (Lipinski definition) is 3. The second kappa shape index (κ2) is 7.77. The Kier molecular flexibility index (Phi) is 5.03. The molecule has 0 radical (unpaired) electrons. The molecule has 3 aromatic carbocycles. The summed E-state index contributed by atoms with van der Waals surface area (Å²) >= 11 is 3.26. The summed E-state index contributed by atoms with van der Waals surface area (Å²) in [7, 11) is 0. The van der Waals surface area contributed by atoms with E-state index in [0.29, 0.717) is 0 Å². The van der Waals surface area contributed by atoms with Crippen molar-refractivity contribution >= 4 is 95.7 Å². The standard InChI is InChI=1S/3C9H7S.In/c3*1-7-6-8-4-2-3-5-9(8)10-7;/h3*2-5H,1H3;. The van der Waals surface area contributed by atoms with Crippen LogP contribution in [0.2, 0.25) is 0 Å². The summed E-state index contributed by atoms with van der Waals surface area (Å²) < 4.78 is 9.39. The van der Waals surface area contributed by atoms with E-state index in [2.05, 4.69) is 93.6 Å². The van der Waals surface area contributed by atoms with Crippen molar-refractivity contribution < 1.29 is 0 Å². The summed E-state index contributed by atoms with van der Waals surface area (Å²) in [4.78, 5) is 4.56. The Hall–Kier alpha value is -1.59. The van der Waals surface area contributed by atoms with Gasteiger partial charge in [-0.2, -0.15) is 0 Å². The molecule has 31 heavy (non-hydrogen) atoms. The van der Waals surface area contributed by atoms with Gasteiger partial charge in [0.05, 0.1) is 0 Å². The van der Waals surface area contributed by atoms with Gasteiger partial charge in [0.1, 0.15) is 0 Å². The van der Waals surface area contributed by atoms with Crippen LogP contribution in [-0.4, -0.2) is 21.4 Å². The molecular weight excluding hydrogens is 535 g/mol. The first kappa shape index (κ1) is 20.0. The van der Waals surface area contributed by atoms with Crippen LogP contribution in [0.15, 0.2) is 72.8 Å². The topological polar surface area (TPSA) is 0 Å². The molecule has 0 unspecified atom stereocenters. The third-order valence-electron chi connectivity index (χ3n) is 6.32. The minimum absolute atomic E-state index is 1.44. The van der Waals surface area contributed by atoms with Crippen molar-refractivity contribution in [3.8, 4) is 0 Å². The second-order valence-electron chi connectivity index (χ2n) is 8.14. The molecule has 0 amide bonds. The Morgan fingerprint density at radius 2 is 0.742 bits per heavy atom. The van der Waals surface area contributed by atoms with Gasteiger partial charge in [0.2, 0.25) is 0 Å². The summed E-state index contributed by atoms with van der Waals surface area (Å²) in [5, 5.41) is 4.49. The fourth-order valence-corrected chi connectivity index (χ4v) is 23.6. The fraction of sp³-hybridized carbons (Fsp3) is 0.111. The Morgan fingerprint density at radius 3 is 1.06 bits per heavy atom. The molecule has 0 atom stereocenters. The quantitative estimate of drug-likeness (QED) is 0.226. The molecule has 0 aliphatic rings. The zero-order chi connectivity index (χ0) is 21.1. The van der Waals surface area contributed by atoms with Crippen LogP contribution in [0.5, 0.6) is 0 Å². The molecule has 4 heteroatoms. The molecule has 0 fully saturated rings. The normalized spacial score (nSPS) is 11.7. The average molecular weight is 556 g/mol. The van der Waals surface area contributed by atoms with Gasteiger partial charge in [-0.1, -0.05) is 0 Å². The van der Waals surface area contributed by atoms with Gasteiger partial charge in [0.25, 0.3) is 0 Å². The van der Waals surface area contributed by atoms with Crippen LogP contribution in [-0.2, 0) is 0 Å². The molecule has 3 aromatic heterocycles. The van der Waals surface area contributed by atoms with Crippen molar-refractivity contribution in [3.63, 3.8) is 0 Å². The molecule has 150 valence electrons. The number of aryl methyl sites for hydroxylation is 3.